The second-order valence-corrected chi connectivity index (χ2v) is 12.5. The Bertz CT molecular complexity index is 1030. The Morgan fingerprint density at radius 2 is 2.00 bits per heavy atom. The maximum atomic E-state index is 13.6. The Balaban J connectivity index is 1.63. The quantitative estimate of drug-likeness (QED) is 0.321. The van der Waals surface area contributed by atoms with Crippen LogP contribution in [0.5, 0.6) is 5.75 Å². The fourth-order valence-electron chi connectivity index (χ4n) is 6.59. The van der Waals surface area contributed by atoms with Crippen LogP contribution >= 0.6 is 22.6 Å². The highest BCUT2D eigenvalue weighted by Crippen LogP contribution is 2.61. The van der Waals surface area contributed by atoms with Crippen molar-refractivity contribution in [3.05, 3.63) is 39.5 Å². The number of ether oxygens (including phenoxy) is 2. The first kappa shape index (κ1) is 29.3. The minimum absolute atomic E-state index is 0.0685. The monoisotopic (exact) mass is 640 g/mol. The Morgan fingerprint density at radius 1 is 1.24 bits per heavy atom. The van der Waals surface area contributed by atoms with Crippen molar-refractivity contribution < 1.29 is 29.3 Å². The van der Waals surface area contributed by atoms with Gasteiger partial charge in [0, 0.05) is 31.7 Å². The molecule has 0 heterocycles. The van der Waals surface area contributed by atoms with E-state index in [1.807, 2.05) is 31.2 Å². The molecule has 210 valence electrons. The van der Waals surface area contributed by atoms with E-state index < -0.39 is 18.2 Å². The molecule has 3 saturated carbocycles. The lowest BCUT2D eigenvalue weighted by Crippen LogP contribution is -2.60. The zero-order chi connectivity index (χ0) is 27.4. The molecule has 6 unspecified atom stereocenters. The summed E-state index contributed by atoms with van der Waals surface area (Å²) in [6.07, 6.45) is 3.40. The summed E-state index contributed by atoms with van der Waals surface area (Å²) >= 11 is 2.18. The van der Waals surface area contributed by atoms with E-state index in [-0.39, 0.29) is 43.4 Å². The summed E-state index contributed by atoms with van der Waals surface area (Å²) in [6.45, 7) is 7.33. The van der Waals surface area contributed by atoms with Gasteiger partial charge in [-0.05, 0) is 90.2 Å². The predicted octanol–water partition coefficient (Wildman–Crippen LogP) is 3.14. The summed E-state index contributed by atoms with van der Waals surface area (Å²) in [7, 11) is 0. The Morgan fingerprint density at radius 3 is 2.66 bits per heavy atom. The molecule has 0 spiro atoms. The lowest BCUT2D eigenvalue weighted by atomic mass is 9.45. The third-order valence-corrected chi connectivity index (χ3v) is 9.79. The number of para-hydroxylation sites is 1. The lowest BCUT2D eigenvalue weighted by Gasteiger charge is -2.61. The van der Waals surface area contributed by atoms with Gasteiger partial charge >= 0.3 is 0 Å². The van der Waals surface area contributed by atoms with Gasteiger partial charge in [0.2, 0.25) is 11.8 Å². The molecule has 4 aliphatic carbocycles. The zero-order valence-electron chi connectivity index (χ0n) is 22.6. The van der Waals surface area contributed by atoms with Crippen molar-refractivity contribution >= 4 is 34.4 Å². The van der Waals surface area contributed by atoms with Crippen molar-refractivity contribution in [1.82, 2.24) is 10.2 Å². The van der Waals surface area contributed by atoms with Gasteiger partial charge in [0.05, 0.1) is 16.2 Å². The van der Waals surface area contributed by atoms with Gasteiger partial charge in [0.15, 0.2) is 0 Å². The van der Waals surface area contributed by atoms with Gasteiger partial charge in [0.25, 0.3) is 0 Å². The van der Waals surface area contributed by atoms with Gasteiger partial charge in [-0.15, -0.1) is 0 Å². The second-order valence-electron chi connectivity index (χ2n) is 11.3. The molecule has 6 atom stereocenters. The first-order chi connectivity index (χ1) is 18.2. The van der Waals surface area contributed by atoms with Crippen LogP contribution in [0.4, 0.5) is 0 Å². The van der Waals surface area contributed by atoms with Gasteiger partial charge in [-0.1, -0.05) is 26.0 Å². The summed E-state index contributed by atoms with van der Waals surface area (Å²) < 4.78 is 12.6. The van der Waals surface area contributed by atoms with Crippen LogP contribution in [0.1, 0.15) is 46.5 Å². The highest BCUT2D eigenvalue weighted by Gasteiger charge is 2.55. The summed E-state index contributed by atoms with van der Waals surface area (Å²) in [5.74, 6) is 1.70. The molecule has 2 amide bonds. The SMILES string of the molecule is CCOCC(=O)N(CC1CCC2CC1C2(C)C)C1CC(C(=O)NCCO)=CC(Oc2ccccc2I)C1O. The fraction of sp³-hybridized carbons (Fsp3) is 0.655. The van der Waals surface area contributed by atoms with E-state index in [1.165, 1.54) is 6.42 Å². The maximum absolute atomic E-state index is 13.6. The van der Waals surface area contributed by atoms with E-state index in [0.29, 0.717) is 36.3 Å². The maximum Gasteiger partial charge on any atom is 0.248 e. The molecule has 0 saturated heterocycles. The molecule has 2 bridgehead atoms. The largest absolute Gasteiger partial charge is 0.482 e. The number of benzene rings is 1. The molecule has 0 aliphatic heterocycles. The molecule has 8 nitrogen and oxygen atoms in total. The van der Waals surface area contributed by atoms with Gasteiger partial charge in [-0.25, -0.2) is 0 Å². The van der Waals surface area contributed by atoms with Crippen molar-refractivity contribution in [2.75, 3.05) is 32.9 Å². The fourth-order valence-corrected chi connectivity index (χ4v) is 7.11. The second kappa shape index (κ2) is 12.7. The predicted molar refractivity (Wildman–Crippen MR) is 152 cm³/mol. The first-order valence-electron chi connectivity index (χ1n) is 13.7. The average Bonchev–Trinajstić information content (AvgIpc) is 2.91. The number of carbonyl (C=O) groups is 2. The van der Waals surface area contributed by atoms with E-state index in [4.69, 9.17) is 9.47 Å². The van der Waals surface area contributed by atoms with Crippen LogP contribution in [0.25, 0.3) is 0 Å². The van der Waals surface area contributed by atoms with Crippen LogP contribution in [0, 0.1) is 26.7 Å². The number of aliphatic hydroxyl groups excluding tert-OH is 2. The van der Waals surface area contributed by atoms with E-state index in [0.717, 1.165) is 22.3 Å². The van der Waals surface area contributed by atoms with E-state index >= 15 is 0 Å². The van der Waals surface area contributed by atoms with E-state index in [2.05, 4.69) is 41.8 Å². The molecular weight excluding hydrogens is 599 g/mol. The number of hydrogen-bond donors (Lipinski definition) is 3. The van der Waals surface area contributed by atoms with E-state index in [1.54, 1.807) is 11.0 Å². The van der Waals surface area contributed by atoms with Gasteiger partial charge in [-0.2, -0.15) is 0 Å². The van der Waals surface area contributed by atoms with Crippen molar-refractivity contribution in [1.29, 1.82) is 0 Å². The smallest absolute Gasteiger partial charge is 0.248 e. The number of nitrogens with zero attached hydrogens (tertiary/aromatic N) is 1. The van der Waals surface area contributed by atoms with Crippen molar-refractivity contribution in [2.24, 2.45) is 23.2 Å². The molecule has 3 N–H and O–H groups in total. The van der Waals surface area contributed by atoms with Crippen molar-refractivity contribution in [3.63, 3.8) is 0 Å². The highest BCUT2D eigenvalue weighted by molar-refractivity contribution is 14.1. The third-order valence-electron chi connectivity index (χ3n) is 8.90. The van der Waals surface area contributed by atoms with Crippen LogP contribution in [-0.2, 0) is 14.3 Å². The Kier molecular flexibility index (Phi) is 9.76. The number of amides is 2. The molecule has 1 aromatic rings. The molecule has 4 aliphatic rings. The van der Waals surface area contributed by atoms with Crippen molar-refractivity contribution in [2.45, 2.75) is 64.7 Å². The number of aliphatic hydroxyl groups is 2. The van der Waals surface area contributed by atoms with Crippen LogP contribution in [0.2, 0.25) is 0 Å². The number of halogens is 1. The summed E-state index contributed by atoms with van der Waals surface area (Å²) in [5, 5.41) is 23.6. The summed E-state index contributed by atoms with van der Waals surface area (Å²) in [5.41, 5.74) is 0.694. The van der Waals surface area contributed by atoms with E-state index in [9.17, 15) is 19.8 Å². The molecule has 9 heteroatoms. The first-order valence-corrected chi connectivity index (χ1v) is 14.8. The minimum atomic E-state index is -1.03. The summed E-state index contributed by atoms with van der Waals surface area (Å²) in [4.78, 5) is 28.3. The van der Waals surface area contributed by atoms with Gasteiger partial charge < -0.3 is 29.9 Å². The number of nitrogens with one attached hydrogen (secondary N) is 1. The van der Waals surface area contributed by atoms with Crippen LogP contribution < -0.4 is 10.1 Å². The van der Waals surface area contributed by atoms with Crippen LogP contribution in [-0.4, -0.2) is 78.1 Å². The standard InChI is InChI=1S/C29H41IN2O6/c1-4-37-17-26(34)32(16-18-9-10-20-15-21(18)29(20,2)3)23-13-19(28(36)31-11-12-33)14-25(27(23)35)38-24-8-6-5-7-22(24)30/h5-8,14,18,20-21,23,25,27,33,35H,4,9-13,15-17H2,1-3H3,(H,31,36). The normalized spacial score (nSPS) is 29.6. The Labute approximate surface area is 239 Å². The average molecular weight is 641 g/mol. The molecule has 0 radical (unpaired) electrons. The van der Waals surface area contributed by atoms with Crippen molar-refractivity contribution in [3.8, 4) is 5.75 Å². The molecule has 5 rings (SSSR count). The molecule has 38 heavy (non-hydrogen) atoms. The molecule has 3 fully saturated rings. The molecular formula is C29H41IN2O6. The number of hydrogen-bond acceptors (Lipinski definition) is 6. The zero-order valence-corrected chi connectivity index (χ0v) is 24.7. The Hall–Kier alpha value is -1.69. The number of rotatable bonds is 11. The highest BCUT2D eigenvalue weighted by atomic mass is 127. The number of fused-ring (bicyclic) bond motifs is 2. The van der Waals surface area contributed by atoms with Gasteiger partial charge in [0.1, 0.15) is 24.6 Å². The molecule has 1 aromatic carbocycles. The third kappa shape index (κ3) is 6.21. The van der Waals surface area contributed by atoms with Crippen LogP contribution in [0.3, 0.4) is 0 Å². The number of carbonyl (C=O) groups excluding carboxylic acids is 2. The minimum Gasteiger partial charge on any atom is -0.482 e. The molecule has 0 aromatic heterocycles. The topological polar surface area (TPSA) is 108 Å². The lowest BCUT2D eigenvalue weighted by molar-refractivity contribution is -0.152. The summed E-state index contributed by atoms with van der Waals surface area (Å²) in [6, 6.07) is 6.86. The van der Waals surface area contributed by atoms with Gasteiger partial charge in [-0.3, -0.25) is 9.59 Å². The van der Waals surface area contributed by atoms with Crippen LogP contribution in [0.15, 0.2) is 35.9 Å².